The number of benzene rings is 3. The van der Waals surface area contributed by atoms with Crippen LogP contribution in [0.5, 0.6) is 0 Å². The second-order valence-electron chi connectivity index (χ2n) is 8.02. The molecule has 0 bridgehead atoms. The average Bonchev–Trinajstić information content (AvgIpc) is 2.72. The molecule has 0 aromatic heterocycles. The van der Waals surface area contributed by atoms with Crippen LogP contribution in [0, 0.1) is 41.5 Å². The van der Waals surface area contributed by atoms with Gasteiger partial charge in [-0.15, -0.1) is 4.33 Å². The Morgan fingerprint density at radius 1 is 0.719 bits per heavy atom. The summed E-state index contributed by atoms with van der Waals surface area (Å²) in [5.74, 6) is 0. The third-order valence-electron chi connectivity index (χ3n) is 5.99. The van der Waals surface area contributed by atoms with E-state index in [9.17, 15) is 13.0 Å². The molecule has 0 heterocycles. The Balaban J connectivity index is 2.38. The van der Waals surface area contributed by atoms with Crippen LogP contribution in [0.1, 0.15) is 33.4 Å². The van der Waals surface area contributed by atoms with E-state index in [1.54, 1.807) is 6.07 Å². The summed E-state index contributed by atoms with van der Waals surface area (Å²) in [7, 11) is -4.54. The summed E-state index contributed by atoms with van der Waals surface area (Å²) in [6, 6.07) is 10.7. The minimum Gasteiger partial charge on any atom is -0.282 e. The zero-order valence-corrected chi connectivity index (χ0v) is 20.4. The van der Waals surface area contributed by atoms with E-state index in [-0.39, 0.29) is 4.90 Å². The molecular formula is C24H26O6S2. The van der Waals surface area contributed by atoms with Crippen molar-refractivity contribution in [2.75, 3.05) is 0 Å². The van der Waals surface area contributed by atoms with E-state index < -0.39 is 10.1 Å². The third-order valence-corrected chi connectivity index (χ3v) is 7.53. The van der Waals surface area contributed by atoms with Crippen LogP contribution in [0.15, 0.2) is 46.2 Å². The van der Waals surface area contributed by atoms with Gasteiger partial charge in [-0.1, -0.05) is 29.3 Å². The maximum atomic E-state index is 12.4. The van der Waals surface area contributed by atoms with Gasteiger partial charge in [0.05, 0.1) is 12.0 Å². The molecule has 3 aromatic carbocycles. The Hall–Kier alpha value is -2.20. The highest BCUT2D eigenvalue weighted by atomic mass is 32.2. The smallest absolute Gasteiger partial charge is 0.282 e. The van der Waals surface area contributed by atoms with Gasteiger partial charge in [-0.25, -0.2) is 5.26 Å². The highest BCUT2D eigenvalue weighted by molar-refractivity contribution is 7.94. The lowest BCUT2D eigenvalue weighted by Crippen LogP contribution is -2.03. The van der Waals surface area contributed by atoms with Crippen molar-refractivity contribution < 1.29 is 27.6 Å². The number of aryl methyl sites for hydroxylation is 4. The lowest BCUT2D eigenvalue weighted by Gasteiger charge is -2.17. The summed E-state index contributed by atoms with van der Waals surface area (Å²) in [4.78, 5) is 0.306. The van der Waals surface area contributed by atoms with Gasteiger partial charge in [0.15, 0.2) is 0 Å². The first kappa shape index (κ1) is 24.4. The van der Waals surface area contributed by atoms with Crippen LogP contribution in [-0.4, -0.2) is 18.2 Å². The van der Waals surface area contributed by atoms with E-state index in [0.29, 0.717) is 21.6 Å². The van der Waals surface area contributed by atoms with Gasteiger partial charge in [-0.3, -0.25) is 4.55 Å². The molecule has 8 heteroatoms. The fourth-order valence-corrected chi connectivity index (χ4v) is 4.99. The summed E-state index contributed by atoms with van der Waals surface area (Å²) in [5, 5.41) is 12.5. The normalized spacial score (nSPS) is 11.8. The van der Waals surface area contributed by atoms with Gasteiger partial charge in [0.25, 0.3) is 10.1 Å². The molecule has 3 aromatic rings. The standard InChI is InChI=1S/C24H26O6S2/c1-13-7-19(8-14(2)17(13)5)21-12-24(32(26,27)28)22(11-23(21)31-30-29-25)20-9-15(3)18(6)16(4)10-20/h7-12,25H,1-6H3,(H,26,27,28). The molecule has 0 fully saturated rings. The lowest BCUT2D eigenvalue weighted by molar-refractivity contribution is -0.432. The summed E-state index contributed by atoms with van der Waals surface area (Å²) in [6.07, 6.45) is 0. The van der Waals surface area contributed by atoms with Crippen LogP contribution < -0.4 is 0 Å². The molecule has 2 N–H and O–H groups in total. The largest absolute Gasteiger partial charge is 0.295 e. The van der Waals surface area contributed by atoms with Crippen LogP contribution in [0.3, 0.4) is 0 Å². The number of rotatable bonds is 6. The minimum atomic E-state index is -4.54. The van der Waals surface area contributed by atoms with Crippen LogP contribution in [0.25, 0.3) is 22.3 Å². The quantitative estimate of drug-likeness (QED) is 0.181. The van der Waals surface area contributed by atoms with Gasteiger partial charge in [-0.2, -0.15) is 8.42 Å². The lowest BCUT2D eigenvalue weighted by atomic mass is 9.93. The predicted octanol–water partition coefficient (Wildman–Crippen LogP) is 6.55. The van der Waals surface area contributed by atoms with Gasteiger partial charge in [0, 0.05) is 10.5 Å². The molecule has 170 valence electrons. The van der Waals surface area contributed by atoms with Crippen molar-refractivity contribution in [3.63, 3.8) is 0 Å². The fraction of sp³-hybridized carbons (Fsp3) is 0.250. The molecule has 0 aliphatic carbocycles. The molecule has 0 unspecified atom stereocenters. The van der Waals surface area contributed by atoms with Crippen LogP contribution in [0.4, 0.5) is 0 Å². The SMILES string of the molecule is Cc1cc(-c2cc(S(=O)(=O)O)c(-c3cc(C)c(C)c(C)c3)cc2SOOO)cc(C)c1C. The van der Waals surface area contributed by atoms with Crippen LogP contribution in [-0.2, 0) is 19.5 Å². The molecule has 32 heavy (non-hydrogen) atoms. The Labute approximate surface area is 193 Å². The highest BCUT2D eigenvalue weighted by Gasteiger charge is 2.23. The molecule has 0 saturated heterocycles. The molecule has 0 aliphatic heterocycles. The van der Waals surface area contributed by atoms with E-state index in [1.807, 2.05) is 65.8 Å². The number of hydrogen-bond acceptors (Lipinski definition) is 6. The Bertz CT molecular complexity index is 1250. The van der Waals surface area contributed by atoms with Crippen molar-refractivity contribution in [3.8, 4) is 22.3 Å². The summed E-state index contributed by atoms with van der Waals surface area (Å²) in [6.45, 7) is 11.9. The molecule has 0 atom stereocenters. The molecule has 0 spiro atoms. The molecule has 3 rings (SSSR count). The molecule has 0 amide bonds. The van der Waals surface area contributed by atoms with E-state index >= 15 is 0 Å². The Kier molecular flexibility index (Phi) is 7.14. The fourth-order valence-electron chi connectivity index (χ4n) is 3.73. The molecule has 0 radical (unpaired) electrons. The summed E-state index contributed by atoms with van der Waals surface area (Å²) in [5.41, 5.74) is 8.57. The second kappa shape index (κ2) is 9.35. The third kappa shape index (κ3) is 4.91. The molecule has 0 aliphatic rings. The van der Waals surface area contributed by atoms with Gasteiger partial charge in [-0.05, 0) is 104 Å². The minimum absolute atomic E-state index is 0.208. The summed E-state index contributed by atoms with van der Waals surface area (Å²) >= 11 is 0.749. The monoisotopic (exact) mass is 474 g/mol. The van der Waals surface area contributed by atoms with Gasteiger partial charge < -0.3 is 0 Å². The van der Waals surface area contributed by atoms with Crippen molar-refractivity contribution in [2.24, 2.45) is 0 Å². The van der Waals surface area contributed by atoms with Crippen molar-refractivity contribution in [3.05, 3.63) is 69.8 Å². The summed E-state index contributed by atoms with van der Waals surface area (Å²) < 4.78 is 39.6. The van der Waals surface area contributed by atoms with Crippen LogP contribution >= 0.6 is 12.0 Å². The van der Waals surface area contributed by atoms with Crippen molar-refractivity contribution >= 4 is 22.2 Å². The van der Waals surface area contributed by atoms with Crippen molar-refractivity contribution in [1.82, 2.24) is 0 Å². The van der Waals surface area contributed by atoms with Gasteiger partial charge in [0.1, 0.15) is 4.90 Å². The van der Waals surface area contributed by atoms with Gasteiger partial charge in [0.2, 0.25) is 0 Å². The average molecular weight is 475 g/mol. The molecule has 6 nitrogen and oxygen atoms in total. The maximum Gasteiger partial charge on any atom is 0.295 e. The first-order valence-corrected chi connectivity index (χ1v) is 12.1. The van der Waals surface area contributed by atoms with E-state index in [0.717, 1.165) is 51.0 Å². The topological polar surface area (TPSA) is 93.1 Å². The molecule has 0 saturated carbocycles. The zero-order chi connectivity index (χ0) is 23.8. The van der Waals surface area contributed by atoms with Crippen molar-refractivity contribution in [1.29, 1.82) is 0 Å². The first-order valence-electron chi connectivity index (χ1n) is 9.90. The maximum absolute atomic E-state index is 12.4. The van der Waals surface area contributed by atoms with Gasteiger partial charge >= 0.3 is 0 Å². The predicted molar refractivity (Wildman–Crippen MR) is 126 cm³/mol. The number of hydrogen-bond donors (Lipinski definition) is 2. The van der Waals surface area contributed by atoms with Crippen molar-refractivity contribution in [2.45, 2.75) is 51.3 Å². The first-order chi connectivity index (χ1) is 14.9. The zero-order valence-electron chi connectivity index (χ0n) is 18.8. The van der Waals surface area contributed by atoms with E-state index in [2.05, 4.69) is 5.04 Å². The van der Waals surface area contributed by atoms with E-state index in [4.69, 9.17) is 9.59 Å². The Morgan fingerprint density at radius 2 is 1.16 bits per heavy atom. The van der Waals surface area contributed by atoms with Crippen LogP contribution in [0.2, 0.25) is 0 Å². The Morgan fingerprint density at radius 3 is 1.56 bits per heavy atom. The molecular weight excluding hydrogens is 448 g/mol. The second-order valence-corrected chi connectivity index (χ2v) is 10.1. The van der Waals surface area contributed by atoms with E-state index in [1.165, 1.54) is 6.07 Å². The highest BCUT2D eigenvalue weighted by Crippen LogP contribution is 2.41.